The van der Waals surface area contributed by atoms with E-state index < -0.39 is 0 Å². The average Bonchev–Trinajstić information content (AvgIpc) is 2.54. The van der Waals surface area contributed by atoms with Gasteiger partial charge in [0.15, 0.2) is 0 Å². The Labute approximate surface area is 128 Å². The van der Waals surface area contributed by atoms with Crippen molar-refractivity contribution in [1.82, 2.24) is 10.3 Å². The van der Waals surface area contributed by atoms with Gasteiger partial charge in [-0.25, -0.2) is 0 Å². The molecule has 0 aliphatic carbocycles. The monoisotopic (exact) mass is 304 g/mol. The molecule has 2 aromatic rings. The highest BCUT2D eigenvalue weighted by Crippen LogP contribution is 2.31. The van der Waals surface area contributed by atoms with Gasteiger partial charge in [-0.1, -0.05) is 6.92 Å². The normalized spacial score (nSPS) is 10.5. The summed E-state index contributed by atoms with van der Waals surface area (Å²) >= 11 is 0. The number of amides is 1. The zero-order chi connectivity index (χ0) is 16.1. The summed E-state index contributed by atoms with van der Waals surface area (Å²) in [7, 11) is 3.13. The summed E-state index contributed by atoms with van der Waals surface area (Å²) < 4.78 is 10.6. The Morgan fingerprint density at radius 1 is 1.23 bits per heavy atom. The van der Waals surface area contributed by atoms with Crippen LogP contribution in [0.3, 0.4) is 0 Å². The zero-order valence-corrected chi connectivity index (χ0v) is 13.0. The van der Waals surface area contributed by atoms with Gasteiger partial charge in [0.25, 0.3) is 5.56 Å². The second kappa shape index (κ2) is 6.98. The molecule has 0 saturated carbocycles. The minimum absolute atomic E-state index is 0.0310. The largest absolute Gasteiger partial charge is 0.496 e. The van der Waals surface area contributed by atoms with Gasteiger partial charge in [0.1, 0.15) is 11.5 Å². The first-order valence-corrected chi connectivity index (χ1v) is 7.14. The van der Waals surface area contributed by atoms with E-state index in [-0.39, 0.29) is 11.5 Å². The number of aromatic amines is 1. The Morgan fingerprint density at radius 3 is 2.55 bits per heavy atom. The summed E-state index contributed by atoms with van der Waals surface area (Å²) in [6.45, 7) is 2.21. The number of ether oxygens (including phenoxy) is 2. The van der Waals surface area contributed by atoms with Crippen molar-refractivity contribution in [3.05, 3.63) is 34.1 Å². The summed E-state index contributed by atoms with van der Waals surface area (Å²) in [6, 6.07) is 5.33. The molecule has 1 amide bonds. The van der Waals surface area contributed by atoms with Gasteiger partial charge >= 0.3 is 0 Å². The molecule has 0 radical (unpaired) electrons. The first-order valence-electron chi connectivity index (χ1n) is 7.14. The van der Waals surface area contributed by atoms with Crippen molar-refractivity contribution in [3.63, 3.8) is 0 Å². The molecule has 6 heteroatoms. The first kappa shape index (κ1) is 15.9. The zero-order valence-electron chi connectivity index (χ0n) is 13.0. The molecule has 0 aliphatic rings. The van der Waals surface area contributed by atoms with Crippen molar-refractivity contribution in [2.45, 2.75) is 19.8 Å². The summed E-state index contributed by atoms with van der Waals surface area (Å²) in [5.74, 6) is 1.21. The molecule has 1 aromatic heterocycles. The number of benzene rings is 1. The van der Waals surface area contributed by atoms with Crippen molar-refractivity contribution >= 4 is 16.8 Å². The molecule has 118 valence electrons. The minimum Gasteiger partial charge on any atom is -0.496 e. The van der Waals surface area contributed by atoms with Crippen molar-refractivity contribution < 1.29 is 14.3 Å². The van der Waals surface area contributed by atoms with E-state index in [9.17, 15) is 9.59 Å². The van der Waals surface area contributed by atoms with Gasteiger partial charge < -0.3 is 19.8 Å². The summed E-state index contributed by atoms with van der Waals surface area (Å²) in [5.41, 5.74) is 1.01. The van der Waals surface area contributed by atoms with Crippen LogP contribution in [0.4, 0.5) is 0 Å². The number of rotatable bonds is 6. The number of H-pyrrole nitrogens is 1. The standard InChI is InChI=1S/C16H20N2O4/c1-4-14(19)17-8-7-10-9-11-12(21-2)5-6-13(22-3)15(11)18-16(10)20/h5-6,9H,4,7-8H2,1-3H3,(H,17,19)(H,18,20). The molecule has 2 N–H and O–H groups in total. The molecule has 0 saturated heterocycles. The van der Waals surface area contributed by atoms with Crippen molar-refractivity contribution in [1.29, 1.82) is 0 Å². The van der Waals surface area contributed by atoms with Crippen LogP contribution in [-0.4, -0.2) is 31.7 Å². The van der Waals surface area contributed by atoms with Crippen molar-refractivity contribution in [2.24, 2.45) is 0 Å². The summed E-state index contributed by atoms with van der Waals surface area (Å²) in [6.07, 6.45) is 0.885. The number of pyridine rings is 1. The lowest BCUT2D eigenvalue weighted by Crippen LogP contribution is -2.26. The van der Waals surface area contributed by atoms with Crippen molar-refractivity contribution in [2.75, 3.05) is 20.8 Å². The molecule has 0 unspecified atom stereocenters. The van der Waals surface area contributed by atoms with E-state index in [1.165, 1.54) is 0 Å². The lowest BCUT2D eigenvalue weighted by molar-refractivity contribution is -0.120. The molecule has 22 heavy (non-hydrogen) atoms. The van der Waals surface area contributed by atoms with Crippen LogP contribution in [0, 0.1) is 0 Å². The smallest absolute Gasteiger partial charge is 0.251 e. The van der Waals surface area contributed by atoms with E-state index in [0.717, 1.165) is 5.39 Å². The number of carbonyl (C=O) groups excluding carboxylic acids is 1. The van der Waals surface area contributed by atoms with Gasteiger partial charge in [-0.3, -0.25) is 9.59 Å². The maximum absolute atomic E-state index is 12.2. The molecule has 0 spiro atoms. The van der Waals surface area contributed by atoms with Gasteiger partial charge in [-0.2, -0.15) is 0 Å². The molecule has 1 heterocycles. The molecule has 0 atom stereocenters. The fourth-order valence-corrected chi connectivity index (χ4v) is 2.28. The van der Waals surface area contributed by atoms with Gasteiger partial charge in [-0.15, -0.1) is 0 Å². The van der Waals surface area contributed by atoms with Gasteiger partial charge in [-0.05, 0) is 24.6 Å². The molecule has 0 bridgehead atoms. The lowest BCUT2D eigenvalue weighted by atomic mass is 10.1. The number of fused-ring (bicyclic) bond motifs is 1. The quantitative estimate of drug-likeness (QED) is 0.849. The van der Waals surface area contributed by atoms with Crippen LogP contribution < -0.4 is 20.3 Å². The van der Waals surface area contributed by atoms with Crippen LogP contribution >= 0.6 is 0 Å². The number of hydrogen-bond acceptors (Lipinski definition) is 4. The SMILES string of the molecule is CCC(=O)NCCc1cc2c(OC)ccc(OC)c2[nH]c1=O. The Balaban J connectivity index is 2.38. The fraction of sp³-hybridized carbons (Fsp3) is 0.375. The summed E-state index contributed by atoms with van der Waals surface area (Å²) in [5, 5.41) is 3.54. The first-order chi connectivity index (χ1) is 10.6. The minimum atomic E-state index is -0.190. The van der Waals surface area contributed by atoms with Gasteiger partial charge in [0.2, 0.25) is 5.91 Å². The van der Waals surface area contributed by atoms with Crippen LogP contribution in [-0.2, 0) is 11.2 Å². The molecule has 0 aliphatic heterocycles. The molecule has 6 nitrogen and oxygen atoms in total. The number of aromatic nitrogens is 1. The number of nitrogens with one attached hydrogen (secondary N) is 2. The third-order valence-corrected chi connectivity index (χ3v) is 3.49. The Kier molecular flexibility index (Phi) is 5.04. The molecule has 0 fully saturated rings. The predicted molar refractivity (Wildman–Crippen MR) is 84.7 cm³/mol. The van der Waals surface area contributed by atoms with Crippen molar-refractivity contribution in [3.8, 4) is 11.5 Å². The highest BCUT2D eigenvalue weighted by atomic mass is 16.5. The molecule has 1 aromatic carbocycles. The topological polar surface area (TPSA) is 80.4 Å². The predicted octanol–water partition coefficient (Wildman–Crippen LogP) is 1.61. The van der Waals surface area contributed by atoms with Crippen LogP contribution in [0.1, 0.15) is 18.9 Å². The number of methoxy groups -OCH3 is 2. The lowest BCUT2D eigenvalue weighted by Gasteiger charge is -2.11. The average molecular weight is 304 g/mol. The summed E-state index contributed by atoms with van der Waals surface area (Å²) in [4.78, 5) is 26.3. The molecule has 2 rings (SSSR count). The Bertz CT molecular complexity index is 737. The van der Waals surface area contributed by atoms with E-state index in [0.29, 0.717) is 42.0 Å². The van der Waals surface area contributed by atoms with E-state index >= 15 is 0 Å². The number of hydrogen-bond donors (Lipinski definition) is 2. The third-order valence-electron chi connectivity index (χ3n) is 3.49. The van der Waals surface area contributed by atoms with E-state index in [1.807, 2.05) is 0 Å². The maximum atomic E-state index is 12.2. The molecular formula is C16H20N2O4. The second-order valence-electron chi connectivity index (χ2n) is 4.84. The highest BCUT2D eigenvalue weighted by molar-refractivity contribution is 5.90. The van der Waals surface area contributed by atoms with Crippen LogP contribution in [0.5, 0.6) is 11.5 Å². The molecular weight excluding hydrogens is 284 g/mol. The highest BCUT2D eigenvalue weighted by Gasteiger charge is 2.11. The van der Waals surface area contributed by atoms with E-state index in [1.54, 1.807) is 39.3 Å². The van der Waals surface area contributed by atoms with Gasteiger partial charge in [0.05, 0.1) is 19.7 Å². The Hall–Kier alpha value is -2.50. The fourth-order valence-electron chi connectivity index (χ4n) is 2.28. The Morgan fingerprint density at radius 2 is 1.91 bits per heavy atom. The number of carbonyl (C=O) groups is 1. The second-order valence-corrected chi connectivity index (χ2v) is 4.84. The van der Waals surface area contributed by atoms with E-state index in [2.05, 4.69) is 10.3 Å². The van der Waals surface area contributed by atoms with Crippen LogP contribution in [0.25, 0.3) is 10.9 Å². The maximum Gasteiger partial charge on any atom is 0.251 e. The third kappa shape index (κ3) is 3.21. The van der Waals surface area contributed by atoms with Gasteiger partial charge in [0, 0.05) is 23.9 Å². The van der Waals surface area contributed by atoms with Crippen LogP contribution in [0.15, 0.2) is 23.0 Å². The van der Waals surface area contributed by atoms with Crippen LogP contribution in [0.2, 0.25) is 0 Å². The van der Waals surface area contributed by atoms with E-state index in [4.69, 9.17) is 9.47 Å².